The van der Waals surface area contributed by atoms with Crippen molar-refractivity contribution in [1.82, 2.24) is 24.5 Å². The molecule has 9 heteroatoms. The van der Waals surface area contributed by atoms with Crippen LogP contribution in [-0.2, 0) is 16.6 Å². The zero-order valence-corrected chi connectivity index (χ0v) is 11.5. The maximum atomic E-state index is 11.8. The molecule has 0 aliphatic rings. The minimum absolute atomic E-state index is 0.00371. The average Bonchev–Trinajstić information content (AvgIpc) is 2.88. The molecule has 0 atom stereocenters. The van der Waals surface area contributed by atoms with E-state index in [1.807, 2.05) is 12.3 Å². The van der Waals surface area contributed by atoms with E-state index in [1.54, 1.807) is 10.9 Å². The van der Waals surface area contributed by atoms with Crippen LogP contribution in [-0.4, -0.2) is 34.7 Å². The number of aromatic nitrogens is 4. The highest BCUT2D eigenvalue weighted by molar-refractivity contribution is 7.89. The topological polar surface area (TPSA) is 89.8 Å². The minimum atomic E-state index is -3.58. The normalized spacial score (nSPS) is 11.6. The Morgan fingerprint density at radius 3 is 2.68 bits per heavy atom. The Bertz CT molecular complexity index is 612. The first-order chi connectivity index (χ1) is 9.08. The zero-order chi connectivity index (χ0) is 13.7. The predicted octanol–water partition coefficient (Wildman–Crippen LogP) is 0.695. The molecule has 0 unspecified atom stereocenters. The van der Waals surface area contributed by atoms with E-state index in [1.165, 1.54) is 12.4 Å². The molecule has 0 spiro atoms. The van der Waals surface area contributed by atoms with Gasteiger partial charge < -0.3 is 0 Å². The lowest BCUT2D eigenvalue weighted by Gasteiger charge is -2.06. The summed E-state index contributed by atoms with van der Waals surface area (Å²) in [5.41, 5.74) is 0. The molecule has 0 amide bonds. The van der Waals surface area contributed by atoms with Crippen LogP contribution in [0.25, 0.3) is 0 Å². The molecule has 0 bridgehead atoms. The molecule has 0 aromatic carbocycles. The van der Waals surface area contributed by atoms with E-state index in [9.17, 15) is 8.42 Å². The highest BCUT2D eigenvalue weighted by Crippen LogP contribution is 2.07. The summed E-state index contributed by atoms with van der Waals surface area (Å²) in [7, 11) is -3.58. The van der Waals surface area contributed by atoms with Crippen LogP contribution >= 0.6 is 11.6 Å². The van der Waals surface area contributed by atoms with E-state index < -0.39 is 10.0 Å². The minimum Gasteiger partial charge on any atom is -0.273 e. The summed E-state index contributed by atoms with van der Waals surface area (Å²) in [5.74, 6) is 0. The third kappa shape index (κ3) is 3.98. The van der Waals surface area contributed by atoms with Gasteiger partial charge in [0.25, 0.3) is 0 Å². The summed E-state index contributed by atoms with van der Waals surface area (Å²) >= 11 is 5.50. The number of rotatable bonds is 6. The third-order valence-electron chi connectivity index (χ3n) is 2.32. The number of sulfonamides is 1. The van der Waals surface area contributed by atoms with Crippen LogP contribution in [0.3, 0.4) is 0 Å². The van der Waals surface area contributed by atoms with E-state index in [0.717, 1.165) is 0 Å². The second-order valence-corrected chi connectivity index (χ2v) is 5.81. The number of nitrogens with zero attached hydrogens (tertiary/aromatic N) is 4. The summed E-state index contributed by atoms with van der Waals surface area (Å²) in [6.45, 7) is 0.956. The molecule has 1 N–H and O–H groups in total. The van der Waals surface area contributed by atoms with Crippen LogP contribution in [0.4, 0.5) is 0 Å². The van der Waals surface area contributed by atoms with E-state index in [4.69, 9.17) is 11.6 Å². The molecule has 0 aliphatic heterocycles. The fourth-order valence-electron chi connectivity index (χ4n) is 1.40. The fraction of sp³-hybridized carbons (Fsp3) is 0.300. The quantitative estimate of drug-likeness (QED) is 0.626. The molecule has 19 heavy (non-hydrogen) atoms. The Kier molecular flexibility index (Phi) is 4.46. The monoisotopic (exact) mass is 301 g/mol. The van der Waals surface area contributed by atoms with Crippen molar-refractivity contribution in [2.75, 3.05) is 6.54 Å². The van der Waals surface area contributed by atoms with Crippen LogP contribution in [0.1, 0.15) is 6.42 Å². The summed E-state index contributed by atoms with van der Waals surface area (Å²) in [4.78, 5) is 7.27. The van der Waals surface area contributed by atoms with Gasteiger partial charge in [-0.2, -0.15) is 5.10 Å². The van der Waals surface area contributed by atoms with Gasteiger partial charge in [0.1, 0.15) is 4.90 Å². The number of aryl methyl sites for hydroxylation is 1. The first-order valence-corrected chi connectivity index (χ1v) is 7.39. The molecular weight excluding hydrogens is 290 g/mol. The van der Waals surface area contributed by atoms with Crippen LogP contribution in [0.2, 0.25) is 5.28 Å². The van der Waals surface area contributed by atoms with Crippen molar-refractivity contribution >= 4 is 21.6 Å². The molecule has 0 saturated heterocycles. The van der Waals surface area contributed by atoms with Gasteiger partial charge in [-0.1, -0.05) is 0 Å². The molecular formula is C10H12ClN5O2S. The summed E-state index contributed by atoms with van der Waals surface area (Å²) < 4.78 is 27.9. The van der Waals surface area contributed by atoms with Crippen LogP contribution in [0.15, 0.2) is 35.7 Å². The van der Waals surface area contributed by atoms with Gasteiger partial charge in [0.15, 0.2) is 0 Å². The maximum absolute atomic E-state index is 11.8. The fourth-order valence-corrected chi connectivity index (χ4v) is 2.46. The first-order valence-electron chi connectivity index (χ1n) is 5.52. The average molecular weight is 302 g/mol. The maximum Gasteiger partial charge on any atom is 0.243 e. The van der Waals surface area contributed by atoms with Crippen molar-refractivity contribution in [3.8, 4) is 0 Å². The van der Waals surface area contributed by atoms with E-state index in [-0.39, 0.29) is 10.2 Å². The van der Waals surface area contributed by atoms with Crippen molar-refractivity contribution in [2.24, 2.45) is 0 Å². The SMILES string of the molecule is O=S(=O)(NCCCn1cccn1)c1cnc(Cl)nc1. The number of halogens is 1. The van der Waals surface area contributed by atoms with Crippen molar-refractivity contribution in [2.45, 2.75) is 17.9 Å². The highest BCUT2D eigenvalue weighted by atomic mass is 35.5. The number of hydrogen-bond acceptors (Lipinski definition) is 5. The van der Waals surface area contributed by atoms with Crippen LogP contribution in [0, 0.1) is 0 Å². The van der Waals surface area contributed by atoms with Gasteiger partial charge >= 0.3 is 0 Å². The third-order valence-corrected chi connectivity index (χ3v) is 3.93. The van der Waals surface area contributed by atoms with E-state index in [2.05, 4.69) is 19.8 Å². The summed E-state index contributed by atoms with van der Waals surface area (Å²) in [6.07, 6.45) is 6.47. The van der Waals surface area contributed by atoms with Crippen molar-refractivity contribution in [3.63, 3.8) is 0 Å². The molecule has 0 fully saturated rings. The Hall–Kier alpha value is -1.51. The van der Waals surface area contributed by atoms with Gasteiger partial charge in [-0.15, -0.1) is 0 Å². The Balaban J connectivity index is 1.86. The van der Waals surface area contributed by atoms with Crippen molar-refractivity contribution in [3.05, 3.63) is 36.1 Å². The molecule has 2 rings (SSSR count). The largest absolute Gasteiger partial charge is 0.273 e. The van der Waals surface area contributed by atoms with Gasteiger partial charge in [-0.3, -0.25) is 4.68 Å². The second-order valence-electron chi connectivity index (χ2n) is 3.71. The highest BCUT2D eigenvalue weighted by Gasteiger charge is 2.14. The molecule has 7 nitrogen and oxygen atoms in total. The lowest BCUT2D eigenvalue weighted by molar-refractivity contribution is 0.552. The van der Waals surface area contributed by atoms with E-state index >= 15 is 0 Å². The Labute approximate surface area is 115 Å². The van der Waals surface area contributed by atoms with Crippen molar-refractivity contribution < 1.29 is 8.42 Å². The lowest BCUT2D eigenvalue weighted by Crippen LogP contribution is -2.25. The molecule has 2 aromatic rings. The van der Waals surface area contributed by atoms with Gasteiger partial charge in [0.05, 0.1) is 12.4 Å². The predicted molar refractivity (Wildman–Crippen MR) is 69.1 cm³/mol. The van der Waals surface area contributed by atoms with Crippen LogP contribution in [0.5, 0.6) is 0 Å². The molecule has 0 aliphatic carbocycles. The van der Waals surface area contributed by atoms with Crippen molar-refractivity contribution in [1.29, 1.82) is 0 Å². The number of hydrogen-bond donors (Lipinski definition) is 1. The Morgan fingerprint density at radius 1 is 1.32 bits per heavy atom. The molecule has 2 heterocycles. The molecule has 0 radical (unpaired) electrons. The van der Waals surface area contributed by atoms with Gasteiger partial charge in [0, 0.05) is 25.5 Å². The van der Waals surface area contributed by atoms with Gasteiger partial charge in [-0.05, 0) is 24.1 Å². The lowest BCUT2D eigenvalue weighted by atomic mass is 10.4. The molecule has 102 valence electrons. The first kappa shape index (κ1) is 13.9. The van der Waals surface area contributed by atoms with Gasteiger partial charge in [0.2, 0.25) is 15.3 Å². The second kappa shape index (κ2) is 6.09. The zero-order valence-electron chi connectivity index (χ0n) is 9.90. The van der Waals surface area contributed by atoms with Gasteiger partial charge in [-0.25, -0.2) is 23.1 Å². The molecule has 0 saturated carbocycles. The smallest absolute Gasteiger partial charge is 0.243 e. The van der Waals surface area contributed by atoms with E-state index in [0.29, 0.717) is 19.5 Å². The summed E-state index contributed by atoms with van der Waals surface area (Å²) in [5, 5.41) is 4.03. The summed E-state index contributed by atoms with van der Waals surface area (Å²) in [6, 6.07) is 1.81. The molecule has 2 aromatic heterocycles. The van der Waals surface area contributed by atoms with Crippen LogP contribution < -0.4 is 4.72 Å². The Morgan fingerprint density at radius 2 is 2.05 bits per heavy atom. The standard InChI is InChI=1S/C10H12ClN5O2S/c11-10-12-7-9(8-13-10)19(17,18)15-4-2-6-16-5-1-3-14-16/h1,3,5,7-8,15H,2,4,6H2. The number of nitrogens with one attached hydrogen (secondary N) is 1.